The number of benzene rings is 3. The average molecular weight is 614 g/mol. The molecule has 11 heteroatoms. The Morgan fingerprint density at radius 3 is 2.31 bits per heavy atom. The van der Waals surface area contributed by atoms with Gasteiger partial charge in [0.05, 0.1) is 5.69 Å². The van der Waals surface area contributed by atoms with E-state index in [-0.39, 0.29) is 11.6 Å². The summed E-state index contributed by atoms with van der Waals surface area (Å²) in [5.41, 5.74) is 2.20. The molecule has 2 atom stereocenters. The zero-order valence-corrected chi connectivity index (χ0v) is 25.6. The van der Waals surface area contributed by atoms with E-state index in [1.165, 1.54) is 11.8 Å². The van der Waals surface area contributed by atoms with Crippen molar-refractivity contribution in [2.45, 2.75) is 58.2 Å². The van der Waals surface area contributed by atoms with E-state index >= 15 is 4.39 Å². The zero-order chi connectivity index (χ0) is 32.3. The van der Waals surface area contributed by atoms with Gasteiger partial charge in [-0.3, -0.25) is 14.4 Å². The summed E-state index contributed by atoms with van der Waals surface area (Å²) in [5, 5.41) is 8.50. The molecule has 4 N–H and O–H groups in total. The normalized spacial score (nSPS) is 15.4. The van der Waals surface area contributed by atoms with E-state index < -0.39 is 41.4 Å². The third-order valence-corrected chi connectivity index (χ3v) is 7.38. The third kappa shape index (κ3) is 7.31. The first-order valence-corrected chi connectivity index (χ1v) is 14.7. The second kappa shape index (κ2) is 12.8. The highest BCUT2D eigenvalue weighted by Gasteiger charge is 2.39. The number of rotatable bonds is 7. The van der Waals surface area contributed by atoms with Crippen LogP contribution >= 0.6 is 0 Å². The van der Waals surface area contributed by atoms with Crippen molar-refractivity contribution < 1.29 is 28.3 Å². The molecule has 0 spiro atoms. The number of likely N-dealkylation sites (tertiary alicyclic amines) is 1. The fraction of sp³-hybridized carbons (Fsp3) is 0.294. The minimum absolute atomic E-state index is 0.201. The molecule has 0 radical (unpaired) electrons. The number of carbonyl (C=O) groups is 4. The molecule has 3 aromatic carbocycles. The summed E-state index contributed by atoms with van der Waals surface area (Å²) >= 11 is 0. The topological polar surface area (TPSA) is 133 Å². The van der Waals surface area contributed by atoms with E-state index in [1.807, 2.05) is 6.07 Å². The van der Waals surface area contributed by atoms with Crippen LogP contribution in [0.5, 0.6) is 0 Å². The number of ether oxygens (including phenoxy) is 1. The Morgan fingerprint density at radius 2 is 1.64 bits per heavy atom. The molecular formula is C34H36FN5O5. The van der Waals surface area contributed by atoms with Gasteiger partial charge in [-0.25, -0.2) is 9.18 Å². The van der Waals surface area contributed by atoms with E-state index in [4.69, 9.17) is 4.74 Å². The third-order valence-electron chi connectivity index (χ3n) is 7.38. The minimum Gasteiger partial charge on any atom is -0.444 e. The van der Waals surface area contributed by atoms with Crippen LogP contribution in [0.3, 0.4) is 0 Å². The number of amides is 4. The maximum absolute atomic E-state index is 15.6. The summed E-state index contributed by atoms with van der Waals surface area (Å²) in [6.45, 7) is 6.95. The molecule has 10 nitrogen and oxygen atoms in total. The summed E-state index contributed by atoms with van der Waals surface area (Å²) in [6, 6.07) is 18.6. The lowest BCUT2D eigenvalue weighted by Gasteiger charge is -2.29. The van der Waals surface area contributed by atoms with Crippen molar-refractivity contribution in [3.63, 3.8) is 0 Å². The molecule has 2 heterocycles. The SMILES string of the molecule is CC(=O)Nc1ccc(-c2[nH]c3ccc(NC(=O)C4CCCN4C(=O)[C@H](NC(=O)OC(C)(C)C)c4ccccc4)cc3c2F)cc1. The Labute approximate surface area is 260 Å². The lowest BCUT2D eigenvalue weighted by atomic mass is 10.0. The number of H-pyrrole nitrogens is 1. The van der Waals surface area contributed by atoms with Gasteiger partial charge in [0.15, 0.2) is 5.82 Å². The molecule has 1 aliphatic rings. The van der Waals surface area contributed by atoms with Gasteiger partial charge in [0.25, 0.3) is 5.91 Å². The van der Waals surface area contributed by atoms with Gasteiger partial charge in [0.1, 0.15) is 17.7 Å². The van der Waals surface area contributed by atoms with Crippen LogP contribution in [0.15, 0.2) is 72.8 Å². The van der Waals surface area contributed by atoms with Gasteiger partial charge in [0, 0.05) is 41.3 Å². The van der Waals surface area contributed by atoms with Crippen LogP contribution in [-0.4, -0.2) is 51.9 Å². The van der Waals surface area contributed by atoms with Gasteiger partial charge < -0.3 is 30.6 Å². The summed E-state index contributed by atoms with van der Waals surface area (Å²) < 4.78 is 21.0. The standard InChI is InChI=1S/C34H36FN5O5/c1-20(41)36-23-14-12-22(13-15-23)29-28(35)25-19-24(16-17-26(25)38-29)37-31(42)27-11-8-18-40(27)32(43)30(21-9-6-5-7-10-21)39-33(44)45-34(2,3)4/h5-7,9-10,12-17,19,27,30,38H,8,11,18H2,1-4H3,(H,36,41)(H,37,42)(H,39,44)/t27?,30-/m1/s1. The van der Waals surface area contributed by atoms with Crippen molar-refractivity contribution in [3.8, 4) is 11.3 Å². The Bertz CT molecular complexity index is 1730. The molecule has 234 valence electrons. The monoisotopic (exact) mass is 613 g/mol. The molecule has 0 bridgehead atoms. The number of fused-ring (bicyclic) bond motifs is 1. The van der Waals surface area contributed by atoms with Crippen LogP contribution in [0.1, 0.15) is 52.1 Å². The number of nitrogens with zero attached hydrogens (tertiary/aromatic N) is 1. The van der Waals surface area contributed by atoms with Gasteiger partial charge in [-0.1, -0.05) is 42.5 Å². The fourth-order valence-corrected chi connectivity index (χ4v) is 5.41. The minimum atomic E-state index is -1.05. The Hall–Kier alpha value is -5.19. The quantitative estimate of drug-likeness (QED) is 0.199. The lowest BCUT2D eigenvalue weighted by molar-refractivity contribution is -0.138. The molecule has 1 saturated heterocycles. The van der Waals surface area contributed by atoms with Crippen molar-refractivity contribution in [1.29, 1.82) is 0 Å². The Balaban J connectivity index is 1.33. The molecule has 1 unspecified atom stereocenters. The molecule has 0 aliphatic carbocycles. The number of aromatic nitrogens is 1. The number of hydrogen-bond donors (Lipinski definition) is 4. The maximum atomic E-state index is 15.6. The van der Waals surface area contributed by atoms with Crippen LogP contribution in [-0.2, 0) is 19.1 Å². The second-order valence-corrected chi connectivity index (χ2v) is 12.0. The number of aromatic amines is 1. The van der Waals surface area contributed by atoms with Crippen molar-refractivity contribution >= 4 is 46.1 Å². The molecule has 0 saturated carbocycles. The average Bonchev–Trinajstić information content (AvgIpc) is 3.61. The number of hydrogen-bond acceptors (Lipinski definition) is 5. The van der Waals surface area contributed by atoms with Crippen LogP contribution in [0.25, 0.3) is 22.2 Å². The van der Waals surface area contributed by atoms with Gasteiger partial charge >= 0.3 is 6.09 Å². The lowest BCUT2D eigenvalue weighted by Crippen LogP contribution is -2.49. The van der Waals surface area contributed by atoms with Crippen molar-refractivity contribution in [1.82, 2.24) is 15.2 Å². The Kier molecular flexibility index (Phi) is 8.89. The number of nitrogens with one attached hydrogen (secondary N) is 4. The molecule has 4 aromatic rings. The number of carbonyl (C=O) groups excluding carboxylic acids is 4. The molecule has 4 amide bonds. The van der Waals surface area contributed by atoms with E-state index in [0.717, 1.165) is 0 Å². The number of alkyl carbamates (subject to hydrolysis) is 1. The summed E-state index contributed by atoms with van der Waals surface area (Å²) in [5.74, 6) is -1.52. The maximum Gasteiger partial charge on any atom is 0.408 e. The smallest absolute Gasteiger partial charge is 0.408 e. The highest BCUT2D eigenvalue weighted by molar-refractivity contribution is 6.00. The van der Waals surface area contributed by atoms with Gasteiger partial charge in [0.2, 0.25) is 11.8 Å². The van der Waals surface area contributed by atoms with E-state index in [0.29, 0.717) is 52.8 Å². The van der Waals surface area contributed by atoms with Crippen molar-refractivity contribution in [2.75, 3.05) is 17.2 Å². The first-order chi connectivity index (χ1) is 21.4. The predicted octanol–water partition coefficient (Wildman–Crippen LogP) is 6.13. The second-order valence-electron chi connectivity index (χ2n) is 12.0. The predicted molar refractivity (Wildman–Crippen MR) is 170 cm³/mol. The highest BCUT2D eigenvalue weighted by atomic mass is 19.1. The molecule has 1 aromatic heterocycles. The molecular weight excluding hydrogens is 577 g/mol. The van der Waals surface area contributed by atoms with Gasteiger partial charge in [-0.05, 0) is 69.5 Å². The summed E-state index contributed by atoms with van der Waals surface area (Å²) in [4.78, 5) is 55.9. The van der Waals surface area contributed by atoms with E-state index in [1.54, 1.807) is 87.5 Å². The van der Waals surface area contributed by atoms with Crippen molar-refractivity contribution in [3.05, 3.63) is 84.2 Å². The molecule has 5 rings (SSSR count). The van der Waals surface area contributed by atoms with E-state index in [9.17, 15) is 19.2 Å². The van der Waals surface area contributed by atoms with Crippen LogP contribution in [0.4, 0.5) is 20.6 Å². The van der Waals surface area contributed by atoms with Crippen LogP contribution < -0.4 is 16.0 Å². The highest BCUT2D eigenvalue weighted by Crippen LogP contribution is 2.32. The van der Waals surface area contributed by atoms with Crippen LogP contribution in [0, 0.1) is 5.82 Å². The first kappa shape index (κ1) is 31.2. The van der Waals surface area contributed by atoms with Gasteiger partial charge in [-0.2, -0.15) is 0 Å². The van der Waals surface area contributed by atoms with Crippen LogP contribution in [0.2, 0.25) is 0 Å². The number of halogens is 1. The largest absolute Gasteiger partial charge is 0.444 e. The number of anilines is 2. The van der Waals surface area contributed by atoms with E-state index in [2.05, 4.69) is 20.9 Å². The van der Waals surface area contributed by atoms with Crippen molar-refractivity contribution in [2.24, 2.45) is 0 Å². The summed E-state index contributed by atoms with van der Waals surface area (Å²) in [7, 11) is 0. The molecule has 1 aliphatic heterocycles. The Morgan fingerprint density at radius 1 is 0.956 bits per heavy atom. The summed E-state index contributed by atoms with van der Waals surface area (Å²) in [6.07, 6.45) is 0.299. The molecule has 1 fully saturated rings. The zero-order valence-electron chi connectivity index (χ0n) is 25.6. The van der Waals surface area contributed by atoms with Gasteiger partial charge in [-0.15, -0.1) is 0 Å². The molecule has 45 heavy (non-hydrogen) atoms. The first-order valence-electron chi connectivity index (χ1n) is 14.7. The fourth-order valence-electron chi connectivity index (χ4n) is 5.41.